The predicted octanol–water partition coefficient (Wildman–Crippen LogP) is 3.38. The average molecular weight is 668 g/mol. The fraction of sp³-hybridized carbons (Fsp3) is 0.452. The standard InChI is InChI=1S/C31H38ClN9O4S/c1-19-16-21(20(2)33-23-6-7-24(32)34-27(23)28(42)37-46(5,44)45)26-22(17-19)29(43)39(4)30(35-26)41-15-11-31(18-41)9-13-40(14-10-31)25-8-12-38(3)36-25/h6-8,12,16-17,20,33H,9-11,13-15,18H2,1-5H3,(H,37,42)/t20-/m1/s1. The summed E-state index contributed by atoms with van der Waals surface area (Å²) >= 11 is 6.06. The summed E-state index contributed by atoms with van der Waals surface area (Å²) in [6.45, 7) is 7.30. The molecule has 0 saturated carbocycles. The van der Waals surface area contributed by atoms with Gasteiger partial charge in [-0.3, -0.25) is 18.8 Å². The molecular weight excluding hydrogens is 630 g/mol. The van der Waals surface area contributed by atoms with E-state index in [1.54, 1.807) is 17.7 Å². The molecule has 1 spiro atoms. The van der Waals surface area contributed by atoms with Gasteiger partial charge in [-0.1, -0.05) is 17.7 Å². The van der Waals surface area contributed by atoms with Crippen molar-refractivity contribution in [2.75, 3.05) is 47.6 Å². The number of carbonyl (C=O) groups excluding carboxylic acids is 1. The number of amides is 1. The first-order valence-corrected chi connectivity index (χ1v) is 17.4. The molecule has 0 bridgehead atoms. The van der Waals surface area contributed by atoms with Crippen LogP contribution in [0.25, 0.3) is 10.9 Å². The number of aromatic nitrogens is 5. The number of fused-ring (bicyclic) bond motifs is 1. The zero-order valence-electron chi connectivity index (χ0n) is 26.5. The van der Waals surface area contributed by atoms with Gasteiger partial charge in [-0.25, -0.2) is 23.1 Å². The Bertz CT molecular complexity index is 2000. The molecule has 2 fully saturated rings. The normalized spacial score (nSPS) is 17.1. The van der Waals surface area contributed by atoms with Gasteiger partial charge in [0.1, 0.15) is 5.15 Å². The number of hydrogen-bond acceptors (Lipinski definition) is 10. The number of piperidine rings is 1. The molecule has 46 heavy (non-hydrogen) atoms. The summed E-state index contributed by atoms with van der Waals surface area (Å²) in [5.41, 5.74) is 2.34. The molecular formula is C31H38ClN9O4S. The molecule has 1 amide bonds. The number of halogens is 1. The predicted molar refractivity (Wildman–Crippen MR) is 179 cm³/mol. The van der Waals surface area contributed by atoms with Gasteiger partial charge in [-0.15, -0.1) is 0 Å². The molecule has 1 aromatic carbocycles. The van der Waals surface area contributed by atoms with Gasteiger partial charge >= 0.3 is 0 Å². The van der Waals surface area contributed by atoms with Crippen LogP contribution in [0.5, 0.6) is 0 Å². The number of hydrogen-bond donors (Lipinski definition) is 2. The van der Waals surface area contributed by atoms with Gasteiger partial charge in [-0.2, -0.15) is 5.10 Å². The highest BCUT2D eigenvalue weighted by Crippen LogP contribution is 2.42. The van der Waals surface area contributed by atoms with Crippen LogP contribution in [0, 0.1) is 12.3 Å². The Hall–Kier alpha value is -4.17. The average Bonchev–Trinajstić information content (AvgIpc) is 3.61. The van der Waals surface area contributed by atoms with E-state index in [1.807, 2.05) is 48.6 Å². The Balaban J connectivity index is 1.29. The van der Waals surface area contributed by atoms with Crippen LogP contribution < -0.4 is 25.4 Å². The Morgan fingerprint density at radius 2 is 1.74 bits per heavy atom. The number of benzene rings is 1. The van der Waals surface area contributed by atoms with E-state index in [-0.39, 0.29) is 27.5 Å². The maximum absolute atomic E-state index is 13.8. The first kappa shape index (κ1) is 31.8. The van der Waals surface area contributed by atoms with E-state index in [4.69, 9.17) is 16.6 Å². The van der Waals surface area contributed by atoms with Crippen molar-refractivity contribution in [1.29, 1.82) is 0 Å². The molecule has 244 valence electrons. The zero-order chi connectivity index (χ0) is 33.0. The molecule has 2 aliphatic heterocycles. The smallest absolute Gasteiger partial charge is 0.285 e. The van der Waals surface area contributed by atoms with Gasteiger partial charge in [-0.05, 0) is 62.3 Å². The summed E-state index contributed by atoms with van der Waals surface area (Å²) in [6.07, 6.45) is 5.96. The van der Waals surface area contributed by atoms with Crippen molar-refractivity contribution < 1.29 is 13.2 Å². The van der Waals surface area contributed by atoms with Gasteiger partial charge in [0.25, 0.3) is 11.5 Å². The summed E-state index contributed by atoms with van der Waals surface area (Å²) in [4.78, 5) is 40.4. The lowest BCUT2D eigenvalue weighted by Gasteiger charge is -2.39. The first-order valence-electron chi connectivity index (χ1n) is 15.2. The summed E-state index contributed by atoms with van der Waals surface area (Å²) in [5.74, 6) is 0.728. The third-order valence-corrected chi connectivity index (χ3v) is 9.86. The number of aryl methyl sites for hydroxylation is 2. The Morgan fingerprint density at radius 1 is 1.04 bits per heavy atom. The molecule has 5 heterocycles. The molecule has 2 aliphatic rings. The molecule has 15 heteroatoms. The van der Waals surface area contributed by atoms with Crippen molar-refractivity contribution in [3.8, 4) is 0 Å². The van der Waals surface area contributed by atoms with Crippen LogP contribution in [0.3, 0.4) is 0 Å². The van der Waals surface area contributed by atoms with E-state index in [2.05, 4.69) is 31.3 Å². The van der Waals surface area contributed by atoms with Crippen LogP contribution in [-0.4, -0.2) is 71.1 Å². The lowest BCUT2D eigenvalue weighted by atomic mass is 9.78. The molecule has 2 N–H and O–H groups in total. The monoisotopic (exact) mass is 667 g/mol. The number of anilines is 3. The fourth-order valence-corrected chi connectivity index (χ4v) is 7.28. The Labute approximate surface area is 272 Å². The van der Waals surface area contributed by atoms with Gasteiger partial charge in [0.15, 0.2) is 11.5 Å². The Kier molecular flexibility index (Phi) is 8.21. The number of rotatable bonds is 7. The van der Waals surface area contributed by atoms with Crippen LogP contribution in [0.1, 0.15) is 53.8 Å². The van der Waals surface area contributed by atoms with Crippen molar-refractivity contribution in [3.05, 3.63) is 68.9 Å². The van der Waals surface area contributed by atoms with Gasteiger partial charge < -0.3 is 15.1 Å². The van der Waals surface area contributed by atoms with Crippen LogP contribution in [0.4, 0.5) is 17.5 Å². The minimum atomic E-state index is -3.83. The van der Waals surface area contributed by atoms with Crippen LogP contribution in [-0.2, 0) is 24.1 Å². The SMILES string of the molecule is Cc1cc([C@@H](C)Nc2ccc(Cl)nc2C(=O)NS(C)(=O)=O)c2nc(N3CCC4(CCN(c5ccn(C)n5)CC4)C3)n(C)c(=O)c2c1. The molecule has 13 nitrogen and oxygen atoms in total. The summed E-state index contributed by atoms with van der Waals surface area (Å²) in [5, 5.41) is 8.39. The second-order valence-corrected chi connectivity index (χ2v) is 14.8. The van der Waals surface area contributed by atoms with Gasteiger partial charge in [0.05, 0.1) is 28.9 Å². The minimum Gasteiger partial charge on any atom is -0.377 e. The molecule has 3 aromatic heterocycles. The summed E-state index contributed by atoms with van der Waals surface area (Å²) in [6, 6.07) is 8.51. The lowest BCUT2D eigenvalue weighted by Crippen LogP contribution is -2.42. The summed E-state index contributed by atoms with van der Waals surface area (Å²) in [7, 11) is -0.128. The second kappa shape index (κ2) is 11.9. The van der Waals surface area contributed by atoms with Crippen LogP contribution in [0.2, 0.25) is 5.15 Å². The van der Waals surface area contributed by atoms with E-state index < -0.39 is 22.0 Å². The third-order valence-electron chi connectivity index (χ3n) is 9.09. The number of pyridine rings is 1. The van der Waals surface area contributed by atoms with Crippen LogP contribution >= 0.6 is 11.6 Å². The Morgan fingerprint density at radius 3 is 2.39 bits per heavy atom. The molecule has 1 atom stereocenters. The maximum atomic E-state index is 13.8. The topological polar surface area (TPSA) is 147 Å². The van der Waals surface area contributed by atoms with Crippen LogP contribution in [0.15, 0.2) is 41.3 Å². The van der Waals surface area contributed by atoms with Gasteiger partial charge in [0.2, 0.25) is 16.0 Å². The fourth-order valence-electron chi connectivity index (χ4n) is 6.70. The van der Waals surface area contributed by atoms with E-state index in [0.717, 1.165) is 68.6 Å². The van der Waals surface area contributed by atoms with E-state index in [1.165, 1.54) is 6.07 Å². The first-order chi connectivity index (χ1) is 21.7. The molecule has 0 radical (unpaired) electrons. The van der Waals surface area contributed by atoms with Crippen molar-refractivity contribution >= 4 is 55.9 Å². The molecule has 0 unspecified atom stereocenters. The number of sulfonamides is 1. The van der Waals surface area contributed by atoms with Crippen molar-refractivity contribution in [3.63, 3.8) is 0 Å². The number of nitrogens with one attached hydrogen (secondary N) is 2. The zero-order valence-corrected chi connectivity index (χ0v) is 28.1. The molecule has 0 aliphatic carbocycles. The van der Waals surface area contributed by atoms with Crippen molar-refractivity contribution in [1.82, 2.24) is 29.0 Å². The second-order valence-electron chi connectivity index (χ2n) is 12.6. The molecule has 2 saturated heterocycles. The summed E-state index contributed by atoms with van der Waals surface area (Å²) < 4.78 is 28.9. The number of carbonyl (C=O) groups is 1. The third kappa shape index (κ3) is 6.27. The highest BCUT2D eigenvalue weighted by molar-refractivity contribution is 7.89. The van der Waals surface area contributed by atoms with E-state index in [0.29, 0.717) is 16.9 Å². The molecule has 6 rings (SSSR count). The van der Waals surface area contributed by atoms with Gasteiger partial charge in [0, 0.05) is 58.1 Å². The van der Waals surface area contributed by atoms with E-state index in [9.17, 15) is 18.0 Å². The maximum Gasteiger partial charge on any atom is 0.285 e. The minimum absolute atomic E-state index is 0.0402. The van der Waals surface area contributed by atoms with E-state index >= 15 is 0 Å². The lowest BCUT2D eigenvalue weighted by molar-refractivity contribution is 0.0977. The van der Waals surface area contributed by atoms with Crippen molar-refractivity contribution in [2.24, 2.45) is 19.5 Å². The molecule has 4 aromatic rings. The highest BCUT2D eigenvalue weighted by Gasteiger charge is 2.42. The van der Waals surface area contributed by atoms with Crippen molar-refractivity contribution in [2.45, 2.75) is 39.2 Å². The largest absolute Gasteiger partial charge is 0.377 e. The number of nitrogens with zero attached hydrogens (tertiary/aromatic N) is 7. The highest BCUT2D eigenvalue weighted by atomic mass is 35.5. The quantitative estimate of drug-likeness (QED) is 0.281.